The molecule has 0 saturated heterocycles. The van der Waals surface area contributed by atoms with Crippen LogP contribution in [-0.2, 0) is 16.5 Å². The van der Waals surface area contributed by atoms with E-state index in [1.54, 1.807) is 44.2 Å². The molecule has 0 atom stereocenters. The van der Waals surface area contributed by atoms with Crippen LogP contribution in [0.2, 0.25) is 0 Å². The van der Waals surface area contributed by atoms with Gasteiger partial charge in [0.15, 0.2) is 5.75 Å². The Kier molecular flexibility index (Phi) is 7.10. The van der Waals surface area contributed by atoms with E-state index in [2.05, 4.69) is 30.2 Å². The summed E-state index contributed by atoms with van der Waals surface area (Å²) in [6, 6.07) is 10.1. The smallest absolute Gasteiger partial charge is 0.377 e. The minimum absolute atomic E-state index is 0.0536. The first-order valence-electron chi connectivity index (χ1n) is 10.9. The van der Waals surface area contributed by atoms with Gasteiger partial charge in [-0.2, -0.15) is 53.0 Å². The zero-order valence-corrected chi connectivity index (χ0v) is 22.4. The van der Waals surface area contributed by atoms with Crippen molar-refractivity contribution in [2.45, 2.75) is 43.5 Å². The van der Waals surface area contributed by atoms with Crippen LogP contribution in [0.25, 0.3) is 0 Å². The Labute approximate surface area is 228 Å². The highest BCUT2D eigenvalue weighted by atomic mass is 79.9. The van der Waals surface area contributed by atoms with Crippen molar-refractivity contribution in [3.8, 4) is 5.75 Å². The Morgan fingerprint density at radius 2 is 1.52 bits per heavy atom. The van der Waals surface area contributed by atoms with Crippen molar-refractivity contribution in [2.75, 3.05) is 0 Å². The topological polar surface area (TPSA) is 73.5 Å². The van der Waals surface area contributed by atoms with Crippen LogP contribution in [0.1, 0.15) is 33.9 Å². The number of rotatable bonds is 6. The van der Waals surface area contributed by atoms with E-state index in [0.29, 0.717) is 28.3 Å². The van der Waals surface area contributed by atoms with Gasteiger partial charge in [0.1, 0.15) is 5.82 Å². The van der Waals surface area contributed by atoms with Crippen molar-refractivity contribution in [2.24, 2.45) is 5.10 Å². The normalized spacial score (nSPS) is 14.8. The highest BCUT2D eigenvalue weighted by Gasteiger charge is 2.86. The van der Waals surface area contributed by atoms with E-state index in [1.165, 1.54) is 10.7 Å². The van der Waals surface area contributed by atoms with Crippen LogP contribution in [0.3, 0.4) is 0 Å². The number of hydrogen-bond donors (Lipinski definition) is 0. The Hall–Kier alpha value is -3.08. The fraction of sp³-hybridized carbons (Fsp3) is 0.304. The molecule has 3 aromatic rings. The van der Waals surface area contributed by atoms with Crippen molar-refractivity contribution in [3.63, 3.8) is 0 Å². The van der Waals surface area contributed by atoms with Crippen LogP contribution in [0, 0.1) is 13.8 Å². The minimum Gasteiger partial charge on any atom is -0.377 e. The molecule has 0 aliphatic carbocycles. The summed E-state index contributed by atoms with van der Waals surface area (Å²) in [5.74, 6) is -15.5. The first-order valence-corrected chi connectivity index (χ1v) is 13.1. The molecule has 0 radical (unpaired) electrons. The van der Waals surface area contributed by atoms with E-state index in [-0.39, 0.29) is 17.7 Å². The SMILES string of the molecule is Cc1nc2n(c1C)N=C(c1ccccc1)c1cc(OS(=O)(=O)C(F)(F)C(F)(F)C(F)(F)C(F)(F)F)c(Br)cc1C2. The van der Waals surface area contributed by atoms with Gasteiger partial charge in [0, 0.05) is 17.5 Å². The predicted molar refractivity (Wildman–Crippen MR) is 127 cm³/mol. The summed E-state index contributed by atoms with van der Waals surface area (Å²) < 4.78 is 150. The Balaban J connectivity index is 1.86. The molecule has 0 fully saturated rings. The number of imidazole rings is 1. The van der Waals surface area contributed by atoms with Gasteiger partial charge in [0.2, 0.25) is 0 Å². The second-order valence-corrected chi connectivity index (χ2v) is 11.1. The molecular weight excluding hydrogens is 649 g/mol. The number of benzene rings is 2. The van der Waals surface area contributed by atoms with E-state index < -0.39 is 43.6 Å². The van der Waals surface area contributed by atoms with Crippen molar-refractivity contribution < 1.29 is 52.1 Å². The number of nitrogens with zero attached hydrogens (tertiary/aromatic N) is 3. The molecule has 0 spiro atoms. The van der Waals surface area contributed by atoms with Crippen LogP contribution in [0.4, 0.5) is 39.5 Å². The summed E-state index contributed by atoms with van der Waals surface area (Å²) in [7, 11) is -7.16. The fourth-order valence-electron chi connectivity index (χ4n) is 3.76. The monoisotopic (exact) mass is 663 g/mol. The van der Waals surface area contributed by atoms with Gasteiger partial charge in [0.05, 0.1) is 21.6 Å². The summed E-state index contributed by atoms with van der Waals surface area (Å²) in [6.07, 6.45) is -7.15. The van der Waals surface area contributed by atoms with Crippen LogP contribution in [0.15, 0.2) is 52.0 Å². The molecule has 1 aliphatic rings. The molecule has 0 unspecified atom stereocenters. The Morgan fingerprint density at radius 3 is 2.10 bits per heavy atom. The third-order valence-electron chi connectivity index (χ3n) is 6.02. The number of aromatic nitrogens is 2. The first-order chi connectivity index (χ1) is 18.2. The molecule has 1 aromatic heterocycles. The largest absolute Gasteiger partial charge is 0.460 e. The van der Waals surface area contributed by atoms with Crippen LogP contribution >= 0.6 is 15.9 Å². The lowest BCUT2D eigenvalue weighted by molar-refractivity contribution is -0.382. The third-order valence-corrected chi connectivity index (χ3v) is 7.92. The number of alkyl halides is 9. The van der Waals surface area contributed by atoms with Gasteiger partial charge in [-0.05, 0) is 47.5 Å². The summed E-state index contributed by atoms with van der Waals surface area (Å²) >= 11 is 2.86. The van der Waals surface area contributed by atoms with E-state index in [1.807, 2.05) is 0 Å². The molecular formula is C23H15BrF9N3O3S. The lowest BCUT2D eigenvalue weighted by Gasteiger charge is -2.32. The molecule has 40 heavy (non-hydrogen) atoms. The summed E-state index contributed by atoms with van der Waals surface area (Å²) in [6.45, 7) is 3.44. The van der Waals surface area contributed by atoms with Gasteiger partial charge < -0.3 is 4.18 Å². The molecule has 0 amide bonds. The van der Waals surface area contributed by atoms with E-state index in [4.69, 9.17) is 0 Å². The summed E-state index contributed by atoms with van der Waals surface area (Å²) in [5, 5.41) is -2.47. The van der Waals surface area contributed by atoms with Crippen molar-refractivity contribution in [1.29, 1.82) is 0 Å². The zero-order valence-electron chi connectivity index (χ0n) is 20.0. The van der Waals surface area contributed by atoms with E-state index in [9.17, 15) is 47.9 Å². The van der Waals surface area contributed by atoms with Crippen molar-refractivity contribution >= 4 is 31.8 Å². The molecule has 6 nitrogen and oxygen atoms in total. The quantitative estimate of drug-likeness (QED) is 0.172. The van der Waals surface area contributed by atoms with E-state index in [0.717, 1.165) is 6.07 Å². The van der Waals surface area contributed by atoms with Gasteiger partial charge in [-0.1, -0.05) is 30.3 Å². The Morgan fingerprint density at radius 1 is 0.925 bits per heavy atom. The molecule has 2 aromatic carbocycles. The number of hydrogen-bond acceptors (Lipinski definition) is 5. The summed E-state index contributed by atoms with van der Waals surface area (Å²) in [5.41, 5.74) is 2.26. The fourth-order valence-corrected chi connectivity index (χ4v) is 5.26. The molecule has 0 N–H and O–H groups in total. The zero-order chi connectivity index (χ0) is 30.1. The average molecular weight is 664 g/mol. The van der Waals surface area contributed by atoms with Crippen LogP contribution in [-0.4, -0.2) is 47.1 Å². The van der Waals surface area contributed by atoms with Gasteiger partial charge in [-0.25, -0.2) is 9.66 Å². The maximum absolute atomic E-state index is 14.3. The maximum Gasteiger partial charge on any atom is 0.460 e. The minimum atomic E-state index is -7.43. The summed E-state index contributed by atoms with van der Waals surface area (Å²) in [4.78, 5) is 4.42. The molecule has 216 valence electrons. The molecule has 1 aliphatic heterocycles. The second kappa shape index (κ2) is 9.49. The third kappa shape index (κ3) is 4.55. The Bertz CT molecular complexity index is 1620. The molecule has 2 heterocycles. The van der Waals surface area contributed by atoms with Crippen LogP contribution < -0.4 is 4.18 Å². The number of aryl methyl sites for hydroxylation is 1. The molecule has 17 heteroatoms. The highest BCUT2D eigenvalue weighted by molar-refractivity contribution is 9.10. The highest BCUT2D eigenvalue weighted by Crippen LogP contribution is 2.55. The number of fused-ring (bicyclic) bond motifs is 2. The first kappa shape index (κ1) is 29.9. The van der Waals surface area contributed by atoms with Gasteiger partial charge in [-0.3, -0.25) is 0 Å². The maximum atomic E-state index is 14.3. The molecule has 0 bridgehead atoms. The van der Waals surface area contributed by atoms with Crippen LogP contribution in [0.5, 0.6) is 5.75 Å². The van der Waals surface area contributed by atoms with Crippen molar-refractivity contribution in [3.05, 3.63) is 80.8 Å². The number of halogens is 10. The van der Waals surface area contributed by atoms with E-state index >= 15 is 0 Å². The van der Waals surface area contributed by atoms with Gasteiger partial charge in [-0.15, -0.1) is 0 Å². The second-order valence-electron chi connectivity index (χ2n) is 8.64. The predicted octanol–water partition coefficient (Wildman–Crippen LogP) is 6.60. The van der Waals surface area contributed by atoms with Gasteiger partial charge in [0.25, 0.3) is 0 Å². The lowest BCUT2D eigenvalue weighted by atomic mass is 9.96. The lowest BCUT2D eigenvalue weighted by Crippen LogP contribution is -2.63. The molecule has 0 saturated carbocycles. The molecule has 4 rings (SSSR count). The van der Waals surface area contributed by atoms with Gasteiger partial charge >= 0.3 is 33.4 Å². The standard InChI is InChI=1S/C23H15BrF9N3O3S/c1-11-12(2)36-18(34-11)9-14-8-16(24)17(10-15(14)19(35-36)13-6-4-3-5-7-13)39-40(37,38)23(32,33)21(27,28)20(25,26)22(29,30)31/h3-8,10H,9H2,1-2H3. The average Bonchev–Trinajstić information content (AvgIpc) is 3.01. The van der Waals surface area contributed by atoms with Crippen molar-refractivity contribution in [1.82, 2.24) is 9.66 Å².